The first-order valence-electron chi connectivity index (χ1n) is 5.44. The van der Waals surface area contributed by atoms with Crippen LogP contribution < -0.4 is 5.73 Å². The molecule has 5 heteroatoms. The zero-order chi connectivity index (χ0) is 12.0. The van der Waals surface area contributed by atoms with E-state index in [1.54, 1.807) is 0 Å². The summed E-state index contributed by atoms with van der Waals surface area (Å²) in [4.78, 5) is 10.2. The molecule has 0 aliphatic heterocycles. The van der Waals surface area contributed by atoms with Crippen LogP contribution in [0.2, 0.25) is 0 Å². The molecule has 1 rings (SSSR count). The van der Waals surface area contributed by atoms with Gasteiger partial charge in [-0.05, 0) is 0 Å². The van der Waals surface area contributed by atoms with Gasteiger partial charge in [0.2, 0.25) is 0 Å². The Morgan fingerprint density at radius 3 is 2.06 bits per heavy atom. The Morgan fingerprint density at radius 1 is 1.12 bits per heavy atom. The summed E-state index contributed by atoms with van der Waals surface area (Å²) in [5.41, 5.74) is 7.28. The third-order valence-electron chi connectivity index (χ3n) is 2.15. The van der Waals surface area contributed by atoms with Crippen LogP contribution in [0.4, 0.5) is 5.69 Å². The molecular weight excluding hydrogens is 225 g/mol. The molecule has 16 heavy (non-hydrogen) atoms. The van der Waals surface area contributed by atoms with Gasteiger partial charge < -0.3 is 0 Å². The minimum atomic E-state index is -3.05. The van der Waals surface area contributed by atoms with E-state index >= 15 is 0 Å². The molecule has 0 fully saturated rings. The Labute approximate surface area is 97.0 Å². The molecule has 0 amide bonds. The summed E-state index contributed by atoms with van der Waals surface area (Å²) in [5, 5.41) is 0. The number of benzene rings is 1. The summed E-state index contributed by atoms with van der Waals surface area (Å²) in [6.07, 6.45) is 0.426. The molecule has 0 aromatic heterocycles. The van der Waals surface area contributed by atoms with E-state index in [4.69, 9.17) is 14.8 Å². The van der Waals surface area contributed by atoms with Gasteiger partial charge in [0.05, 0.1) is 0 Å². The fraction of sp³-hybridized carbons (Fsp3) is 0.455. The number of rotatable bonds is 6. The Hall–Kier alpha value is -0.670. The van der Waals surface area contributed by atoms with E-state index in [-0.39, 0.29) is 0 Å². The summed E-state index contributed by atoms with van der Waals surface area (Å²) in [7, 11) is -3.05. The summed E-state index contributed by atoms with van der Waals surface area (Å²) in [6.45, 7) is 4.61. The Balaban J connectivity index is 2.70. The van der Waals surface area contributed by atoms with Crippen LogP contribution in [0.1, 0.15) is 19.4 Å². The van der Waals surface area contributed by atoms with Crippen molar-refractivity contribution in [3.63, 3.8) is 0 Å². The number of nitrogen functional groups attached to an aromatic ring is 1. The van der Waals surface area contributed by atoms with E-state index in [0.717, 1.165) is 5.56 Å². The van der Waals surface area contributed by atoms with Gasteiger partial charge in [0.25, 0.3) is 0 Å². The monoisotopic (exact) mass is 245 g/mol. The quantitative estimate of drug-likeness (QED) is 0.596. The predicted octanol–water partition coefficient (Wildman–Crippen LogP) is 2.33. The van der Waals surface area contributed by atoms with Gasteiger partial charge >= 0.3 is 96.4 Å². The molecule has 0 unspecified atom stereocenters. The van der Waals surface area contributed by atoms with Gasteiger partial charge in [-0.2, -0.15) is 0 Å². The molecule has 1 aromatic carbocycles. The summed E-state index contributed by atoms with van der Waals surface area (Å²) >= 11 is 0. The van der Waals surface area contributed by atoms with Crippen LogP contribution in [0.15, 0.2) is 24.3 Å². The van der Waals surface area contributed by atoms with Gasteiger partial charge in [-0.25, -0.2) is 0 Å². The van der Waals surface area contributed by atoms with Gasteiger partial charge in [-0.1, -0.05) is 0 Å². The number of hydrogen-bond donors (Lipinski definition) is 2. The molecule has 3 N–H and O–H groups in total. The third-order valence-corrected chi connectivity index (χ3v) is 4.48. The van der Waals surface area contributed by atoms with Crippen molar-refractivity contribution in [1.29, 1.82) is 0 Å². The second-order valence-electron chi connectivity index (χ2n) is 3.50. The number of hydrogen-bond acceptors (Lipinski definition) is 4. The molecule has 0 saturated carbocycles. The molecule has 92 valence electrons. The van der Waals surface area contributed by atoms with Crippen LogP contribution in [0, 0.1) is 0 Å². The van der Waals surface area contributed by atoms with Crippen LogP contribution in [0.5, 0.6) is 0 Å². The van der Waals surface area contributed by atoms with Gasteiger partial charge in [0, 0.05) is 0 Å². The molecule has 4 nitrogen and oxygen atoms in total. The first-order valence-corrected chi connectivity index (χ1v) is 7.41. The van der Waals surface area contributed by atoms with Crippen molar-refractivity contribution in [2.75, 3.05) is 18.9 Å². The van der Waals surface area contributed by atoms with Crippen molar-refractivity contribution < 1.29 is 13.9 Å². The van der Waals surface area contributed by atoms with Crippen molar-refractivity contribution in [2.45, 2.75) is 20.0 Å². The maximum absolute atomic E-state index is 10.2. The maximum atomic E-state index is 10.2. The molecule has 0 atom stereocenters. The van der Waals surface area contributed by atoms with E-state index in [9.17, 15) is 4.89 Å². The average Bonchev–Trinajstić information content (AvgIpc) is 2.22. The van der Waals surface area contributed by atoms with Crippen molar-refractivity contribution in [3.8, 4) is 0 Å². The van der Waals surface area contributed by atoms with Crippen LogP contribution in [-0.2, 0) is 15.2 Å². The average molecular weight is 245 g/mol. The van der Waals surface area contributed by atoms with E-state index in [1.165, 1.54) is 0 Å². The third kappa shape index (κ3) is 4.06. The molecule has 1 aromatic rings. The zero-order valence-corrected chi connectivity index (χ0v) is 10.8. The van der Waals surface area contributed by atoms with E-state index < -0.39 is 7.94 Å². The van der Waals surface area contributed by atoms with E-state index in [2.05, 4.69) is 0 Å². The number of anilines is 1. The van der Waals surface area contributed by atoms with Crippen LogP contribution >= 0.6 is 7.94 Å². The normalized spacial score (nSPS) is 12.7. The Bertz CT molecular complexity index is 310. The summed E-state index contributed by atoms with van der Waals surface area (Å²) < 4.78 is 10.7. The van der Waals surface area contributed by atoms with Crippen LogP contribution in [0.25, 0.3) is 0 Å². The van der Waals surface area contributed by atoms with Gasteiger partial charge in [0.1, 0.15) is 0 Å². The summed E-state index contributed by atoms with van der Waals surface area (Å²) in [6, 6.07) is 7.38. The van der Waals surface area contributed by atoms with E-state index in [1.807, 2.05) is 38.1 Å². The minimum absolute atomic E-state index is 0.426. The Morgan fingerprint density at radius 2 is 1.62 bits per heavy atom. The SMILES string of the molecule is CCO[PH](O)(Cc1ccc(N)cc1)OCC. The van der Waals surface area contributed by atoms with Crippen molar-refractivity contribution in [1.82, 2.24) is 0 Å². The fourth-order valence-electron chi connectivity index (χ4n) is 1.49. The summed E-state index contributed by atoms with van der Waals surface area (Å²) in [5.74, 6) is 0. The predicted molar refractivity (Wildman–Crippen MR) is 68.3 cm³/mol. The molecule has 0 spiro atoms. The molecule has 0 bridgehead atoms. The molecular formula is C11H20NO3P. The molecule has 0 heterocycles. The van der Waals surface area contributed by atoms with Gasteiger partial charge in [0.15, 0.2) is 0 Å². The van der Waals surface area contributed by atoms with Crippen LogP contribution in [0.3, 0.4) is 0 Å². The molecule has 0 saturated heterocycles. The van der Waals surface area contributed by atoms with E-state index in [0.29, 0.717) is 25.1 Å². The van der Waals surface area contributed by atoms with Crippen LogP contribution in [-0.4, -0.2) is 18.1 Å². The zero-order valence-electron chi connectivity index (χ0n) is 9.77. The second kappa shape index (κ2) is 6.16. The first kappa shape index (κ1) is 13.4. The first-order chi connectivity index (χ1) is 7.59. The molecule has 0 aliphatic carbocycles. The number of nitrogens with two attached hydrogens (primary N) is 1. The fourth-order valence-corrected chi connectivity index (χ4v) is 3.43. The second-order valence-corrected chi connectivity index (χ2v) is 5.85. The Kier molecular flexibility index (Phi) is 5.16. The van der Waals surface area contributed by atoms with Crippen molar-refractivity contribution in [3.05, 3.63) is 29.8 Å². The van der Waals surface area contributed by atoms with Gasteiger partial charge in [-0.15, -0.1) is 0 Å². The topological polar surface area (TPSA) is 64.7 Å². The molecule has 0 radical (unpaired) electrons. The van der Waals surface area contributed by atoms with Crippen molar-refractivity contribution in [2.24, 2.45) is 0 Å². The van der Waals surface area contributed by atoms with Crippen molar-refractivity contribution >= 4 is 13.6 Å². The standard InChI is InChI=1S/C11H20NO3P/c1-3-14-16(13,15-4-2)9-10-5-7-11(12)8-6-10/h5-8,13,16H,3-4,9,12H2,1-2H3. The van der Waals surface area contributed by atoms with Gasteiger partial charge in [-0.3, -0.25) is 0 Å². The molecule has 0 aliphatic rings.